The average molecular weight is 307 g/mol. The van der Waals surface area contributed by atoms with Gasteiger partial charge in [0, 0.05) is 11.9 Å². The molecule has 5 nitrogen and oxygen atoms in total. The summed E-state index contributed by atoms with van der Waals surface area (Å²) in [5, 5.41) is 8.26. The van der Waals surface area contributed by atoms with Crippen molar-refractivity contribution in [2.24, 2.45) is 0 Å². The van der Waals surface area contributed by atoms with Gasteiger partial charge < -0.3 is 9.15 Å². The van der Waals surface area contributed by atoms with Crippen molar-refractivity contribution in [3.63, 3.8) is 0 Å². The number of nitrogens with zero attached hydrogens (tertiary/aromatic N) is 2. The van der Waals surface area contributed by atoms with Crippen LogP contribution in [-0.4, -0.2) is 16.2 Å². The molecule has 0 radical (unpaired) electrons. The molecule has 0 saturated heterocycles. The standard InChI is InChI=1S/C15H15ClN2O3/c1-9(13-18-17-10(2)21-13)20-14(19)15(7-8-15)11-3-5-12(16)6-4-11/h3-6,9H,7-8H2,1-2H3/t9-/m0/s1. The van der Waals surface area contributed by atoms with E-state index in [4.69, 9.17) is 20.8 Å². The van der Waals surface area contributed by atoms with Crippen molar-refractivity contribution in [2.45, 2.75) is 38.2 Å². The lowest BCUT2D eigenvalue weighted by Crippen LogP contribution is -2.24. The van der Waals surface area contributed by atoms with Crippen molar-refractivity contribution >= 4 is 17.6 Å². The van der Waals surface area contributed by atoms with Crippen LogP contribution in [0.3, 0.4) is 0 Å². The van der Waals surface area contributed by atoms with Gasteiger partial charge in [-0.3, -0.25) is 4.79 Å². The summed E-state index contributed by atoms with van der Waals surface area (Å²) < 4.78 is 10.8. The van der Waals surface area contributed by atoms with Gasteiger partial charge in [0.15, 0.2) is 6.10 Å². The van der Waals surface area contributed by atoms with Gasteiger partial charge in [0.2, 0.25) is 5.89 Å². The molecule has 1 fully saturated rings. The summed E-state index contributed by atoms with van der Waals surface area (Å²) in [5.41, 5.74) is 0.388. The van der Waals surface area contributed by atoms with Crippen molar-refractivity contribution in [3.05, 3.63) is 46.6 Å². The van der Waals surface area contributed by atoms with Gasteiger partial charge in [-0.15, -0.1) is 10.2 Å². The highest BCUT2D eigenvalue weighted by Gasteiger charge is 2.53. The maximum atomic E-state index is 12.5. The third kappa shape index (κ3) is 2.65. The molecule has 2 aromatic rings. The lowest BCUT2D eigenvalue weighted by atomic mass is 9.96. The van der Waals surface area contributed by atoms with E-state index >= 15 is 0 Å². The Morgan fingerprint density at radius 2 is 2.00 bits per heavy atom. The SMILES string of the molecule is Cc1nnc([C@H](C)OC(=O)C2(c3ccc(Cl)cc3)CC2)o1. The predicted molar refractivity (Wildman–Crippen MR) is 75.9 cm³/mol. The molecule has 1 aromatic carbocycles. The zero-order chi connectivity index (χ0) is 15.0. The molecule has 3 rings (SSSR count). The van der Waals surface area contributed by atoms with Gasteiger partial charge in [-0.05, 0) is 37.5 Å². The van der Waals surface area contributed by atoms with Crippen LogP contribution in [-0.2, 0) is 14.9 Å². The van der Waals surface area contributed by atoms with E-state index in [-0.39, 0.29) is 5.97 Å². The monoisotopic (exact) mass is 306 g/mol. The molecule has 110 valence electrons. The zero-order valence-electron chi connectivity index (χ0n) is 11.8. The predicted octanol–water partition coefficient (Wildman–Crippen LogP) is 3.37. The molecule has 0 N–H and O–H groups in total. The first-order valence-corrected chi connectivity index (χ1v) is 7.16. The van der Waals surface area contributed by atoms with E-state index in [0.717, 1.165) is 18.4 Å². The molecule has 0 spiro atoms. The Morgan fingerprint density at radius 3 is 2.52 bits per heavy atom. The lowest BCUT2D eigenvalue weighted by molar-refractivity contribution is -0.152. The third-order valence-electron chi connectivity index (χ3n) is 3.71. The highest BCUT2D eigenvalue weighted by atomic mass is 35.5. The van der Waals surface area contributed by atoms with Gasteiger partial charge in [0.05, 0.1) is 5.41 Å². The normalized spacial score (nSPS) is 17.3. The topological polar surface area (TPSA) is 65.2 Å². The summed E-state index contributed by atoms with van der Waals surface area (Å²) >= 11 is 5.88. The van der Waals surface area contributed by atoms with Crippen molar-refractivity contribution in [1.82, 2.24) is 10.2 Å². The fraction of sp³-hybridized carbons (Fsp3) is 0.400. The smallest absolute Gasteiger partial charge is 0.317 e. The van der Waals surface area contributed by atoms with Gasteiger partial charge in [0.25, 0.3) is 5.89 Å². The van der Waals surface area contributed by atoms with Crippen molar-refractivity contribution < 1.29 is 13.9 Å². The van der Waals surface area contributed by atoms with Crippen LogP contribution in [0, 0.1) is 6.92 Å². The van der Waals surface area contributed by atoms with Crippen LogP contribution in [0.15, 0.2) is 28.7 Å². The van der Waals surface area contributed by atoms with Gasteiger partial charge >= 0.3 is 5.97 Å². The van der Waals surface area contributed by atoms with Crippen LogP contribution < -0.4 is 0 Å². The number of hydrogen-bond acceptors (Lipinski definition) is 5. The average Bonchev–Trinajstić information content (AvgIpc) is 3.16. The molecular formula is C15H15ClN2O3. The Balaban J connectivity index is 1.74. The summed E-state index contributed by atoms with van der Waals surface area (Å²) in [5.74, 6) is 0.507. The molecule has 0 unspecified atom stereocenters. The number of rotatable bonds is 4. The van der Waals surface area contributed by atoms with Crippen LogP contribution in [0.1, 0.15) is 43.2 Å². The Hall–Kier alpha value is -1.88. The van der Waals surface area contributed by atoms with E-state index in [1.54, 1.807) is 26.0 Å². The first kappa shape index (κ1) is 14.1. The molecule has 6 heteroatoms. The number of carbonyl (C=O) groups is 1. The fourth-order valence-electron chi connectivity index (χ4n) is 2.30. The minimum absolute atomic E-state index is 0.256. The number of aromatic nitrogens is 2. The molecule has 21 heavy (non-hydrogen) atoms. The number of carbonyl (C=O) groups excluding carboxylic acids is 1. The largest absolute Gasteiger partial charge is 0.452 e. The van der Waals surface area contributed by atoms with E-state index < -0.39 is 11.5 Å². The molecule has 1 saturated carbocycles. The summed E-state index contributed by atoms with van der Waals surface area (Å²) in [6.07, 6.45) is 1.01. The van der Waals surface area contributed by atoms with Crippen molar-refractivity contribution in [2.75, 3.05) is 0 Å². The Bertz CT molecular complexity index is 662. The summed E-state index contributed by atoms with van der Waals surface area (Å²) in [6, 6.07) is 7.32. The second kappa shape index (κ2) is 5.15. The lowest BCUT2D eigenvalue weighted by Gasteiger charge is -2.17. The van der Waals surface area contributed by atoms with Crippen molar-refractivity contribution in [1.29, 1.82) is 0 Å². The number of hydrogen-bond donors (Lipinski definition) is 0. The maximum Gasteiger partial charge on any atom is 0.317 e. The molecule has 0 aliphatic heterocycles. The van der Waals surface area contributed by atoms with Gasteiger partial charge in [-0.1, -0.05) is 23.7 Å². The van der Waals surface area contributed by atoms with Gasteiger partial charge in [-0.25, -0.2) is 0 Å². The second-order valence-electron chi connectivity index (χ2n) is 5.30. The van der Waals surface area contributed by atoms with Gasteiger partial charge in [0.1, 0.15) is 0 Å². The van der Waals surface area contributed by atoms with E-state index in [0.29, 0.717) is 16.8 Å². The molecule has 1 heterocycles. The quantitative estimate of drug-likeness (QED) is 0.810. The molecule has 0 bridgehead atoms. The number of halogens is 1. The Labute approximate surface area is 127 Å². The second-order valence-corrected chi connectivity index (χ2v) is 5.73. The van der Waals surface area contributed by atoms with Crippen LogP contribution in [0.2, 0.25) is 5.02 Å². The molecule has 1 aliphatic carbocycles. The Kier molecular flexibility index (Phi) is 3.45. The maximum absolute atomic E-state index is 12.5. The summed E-state index contributed by atoms with van der Waals surface area (Å²) in [6.45, 7) is 3.42. The minimum atomic E-state index is -0.552. The zero-order valence-corrected chi connectivity index (χ0v) is 12.6. The minimum Gasteiger partial charge on any atom is -0.452 e. The number of benzene rings is 1. The summed E-state index contributed by atoms with van der Waals surface area (Å²) in [7, 11) is 0. The van der Waals surface area contributed by atoms with Crippen molar-refractivity contribution in [3.8, 4) is 0 Å². The highest BCUT2D eigenvalue weighted by molar-refractivity contribution is 6.30. The summed E-state index contributed by atoms with van der Waals surface area (Å²) in [4.78, 5) is 12.5. The molecular weight excluding hydrogens is 292 g/mol. The Morgan fingerprint density at radius 1 is 1.33 bits per heavy atom. The van der Waals surface area contributed by atoms with Crippen LogP contribution >= 0.6 is 11.6 Å². The van der Waals surface area contributed by atoms with E-state index in [2.05, 4.69) is 10.2 Å². The third-order valence-corrected chi connectivity index (χ3v) is 3.96. The van der Waals surface area contributed by atoms with Gasteiger partial charge in [-0.2, -0.15) is 0 Å². The van der Waals surface area contributed by atoms with E-state index in [1.165, 1.54) is 0 Å². The highest BCUT2D eigenvalue weighted by Crippen LogP contribution is 2.50. The first-order chi connectivity index (χ1) is 10.0. The fourth-order valence-corrected chi connectivity index (χ4v) is 2.43. The number of esters is 1. The number of ether oxygens (including phenoxy) is 1. The number of aryl methyl sites for hydroxylation is 1. The van der Waals surface area contributed by atoms with E-state index in [1.807, 2.05) is 12.1 Å². The molecule has 1 aromatic heterocycles. The molecule has 1 aliphatic rings. The van der Waals surface area contributed by atoms with E-state index in [9.17, 15) is 4.79 Å². The molecule has 1 atom stereocenters. The van der Waals surface area contributed by atoms with Crippen LogP contribution in [0.25, 0.3) is 0 Å². The van der Waals surface area contributed by atoms with Crippen LogP contribution in [0.5, 0.6) is 0 Å². The first-order valence-electron chi connectivity index (χ1n) is 6.78. The molecule has 0 amide bonds. The van der Waals surface area contributed by atoms with Crippen LogP contribution in [0.4, 0.5) is 0 Å².